The van der Waals surface area contributed by atoms with E-state index in [1.165, 1.54) is 51.2 Å². The van der Waals surface area contributed by atoms with E-state index in [1.807, 2.05) is 0 Å². The fourth-order valence-corrected chi connectivity index (χ4v) is 4.91. The second-order valence-corrected chi connectivity index (χ2v) is 8.01. The van der Waals surface area contributed by atoms with Gasteiger partial charge in [0, 0.05) is 5.92 Å². The number of carbonyl (C=O) groups is 1. The zero-order valence-corrected chi connectivity index (χ0v) is 15.0. The zero-order chi connectivity index (χ0) is 16.2. The van der Waals surface area contributed by atoms with Crippen LogP contribution >= 0.6 is 0 Å². The van der Waals surface area contributed by atoms with Gasteiger partial charge < -0.3 is 4.79 Å². The molecule has 0 amide bonds. The molecular formula is C21H34O. The van der Waals surface area contributed by atoms with Crippen LogP contribution in [0.5, 0.6) is 0 Å². The molecule has 0 spiro atoms. The lowest BCUT2D eigenvalue weighted by molar-refractivity contribution is -0.113. The summed E-state index contributed by atoms with van der Waals surface area (Å²) in [5.74, 6) is 2.30. The third kappa shape index (κ3) is 3.55. The van der Waals surface area contributed by atoms with E-state index in [0.29, 0.717) is 17.3 Å². The summed E-state index contributed by atoms with van der Waals surface area (Å²) in [7, 11) is 0. The Kier molecular flexibility index (Phi) is 6.06. The molecule has 5 atom stereocenters. The summed E-state index contributed by atoms with van der Waals surface area (Å²) >= 11 is 0. The van der Waals surface area contributed by atoms with Gasteiger partial charge in [0.25, 0.3) is 0 Å². The molecule has 0 aromatic heterocycles. The van der Waals surface area contributed by atoms with Gasteiger partial charge in [0.15, 0.2) is 0 Å². The predicted octanol–water partition coefficient (Wildman–Crippen LogP) is 5.96. The summed E-state index contributed by atoms with van der Waals surface area (Å²) in [5, 5.41) is 0. The van der Waals surface area contributed by atoms with Crippen LogP contribution in [0.1, 0.15) is 72.6 Å². The summed E-state index contributed by atoms with van der Waals surface area (Å²) in [6.45, 7) is 9.15. The van der Waals surface area contributed by atoms with Crippen molar-refractivity contribution in [1.82, 2.24) is 0 Å². The highest BCUT2D eigenvalue weighted by Crippen LogP contribution is 2.59. The van der Waals surface area contributed by atoms with Crippen molar-refractivity contribution >= 4 is 6.29 Å². The minimum absolute atomic E-state index is 0.218. The van der Waals surface area contributed by atoms with Crippen molar-refractivity contribution in [3.05, 3.63) is 23.8 Å². The molecule has 2 aliphatic rings. The van der Waals surface area contributed by atoms with Crippen molar-refractivity contribution in [2.45, 2.75) is 72.6 Å². The van der Waals surface area contributed by atoms with Crippen LogP contribution in [0.2, 0.25) is 0 Å². The van der Waals surface area contributed by atoms with Crippen LogP contribution in [0, 0.1) is 29.1 Å². The maximum Gasteiger partial charge on any atom is 0.123 e. The van der Waals surface area contributed by atoms with Crippen LogP contribution in [-0.4, -0.2) is 6.29 Å². The van der Waals surface area contributed by atoms with Gasteiger partial charge in [0.2, 0.25) is 0 Å². The van der Waals surface area contributed by atoms with Crippen molar-refractivity contribution in [1.29, 1.82) is 0 Å². The fourth-order valence-electron chi connectivity index (χ4n) is 4.91. The lowest BCUT2D eigenvalue weighted by Gasteiger charge is -2.43. The van der Waals surface area contributed by atoms with E-state index in [4.69, 9.17) is 0 Å². The largest absolute Gasteiger partial charge is 0.303 e. The normalized spacial score (nSPS) is 36.5. The monoisotopic (exact) mass is 302 g/mol. The number of hydrogen-bond donors (Lipinski definition) is 0. The van der Waals surface area contributed by atoms with Crippen LogP contribution in [0.4, 0.5) is 0 Å². The molecule has 2 saturated carbocycles. The highest BCUT2D eigenvalue weighted by molar-refractivity contribution is 5.54. The van der Waals surface area contributed by atoms with Gasteiger partial charge in [0.05, 0.1) is 0 Å². The van der Waals surface area contributed by atoms with Gasteiger partial charge >= 0.3 is 0 Å². The number of rotatable bonds is 6. The first-order valence-electron chi connectivity index (χ1n) is 9.33. The summed E-state index contributed by atoms with van der Waals surface area (Å²) in [4.78, 5) is 11.3. The quantitative estimate of drug-likeness (QED) is 0.553. The van der Waals surface area contributed by atoms with Crippen molar-refractivity contribution in [3.8, 4) is 0 Å². The van der Waals surface area contributed by atoms with E-state index in [9.17, 15) is 4.79 Å². The molecule has 124 valence electrons. The standard InChI is InChI=1S/C21H34O/c1-5-16(2)9-6-7-10-18-11-8-14-21(4)19(17(3)15-22)12-13-20(18)21/h6-7,10,15-17,19-20H,5,8-9,11-14H2,1-4H3/b7-6-,18-10+/t16?,17-,19?,20+,21?/m1/s1. The number of hydrogen-bond acceptors (Lipinski definition) is 1. The summed E-state index contributed by atoms with van der Waals surface area (Å²) < 4.78 is 0. The zero-order valence-electron chi connectivity index (χ0n) is 15.0. The molecule has 0 aliphatic heterocycles. The van der Waals surface area contributed by atoms with Gasteiger partial charge in [-0.05, 0) is 61.7 Å². The van der Waals surface area contributed by atoms with Gasteiger partial charge in [-0.1, -0.05) is 57.9 Å². The van der Waals surface area contributed by atoms with Crippen molar-refractivity contribution < 1.29 is 4.79 Å². The molecule has 22 heavy (non-hydrogen) atoms. The van der Waals surface area contributed by atoms with E-state index in [1.54, 1.807) is 5.57 Å². The van der Waals surface area contributed by atoms with Crippen molar-refractivity contribution in [2.75, 3.05) is 0 Å². The third-order valence-corrected chi connectivity index (χ3v) is 6.57. The van der Waals surface area contributed by atoms with Crippen molar-refractivity contribution in [2.24, 2.45) is 29.1 Å². The Morgan fingerprint density at radius 3 is 2.77 bits per heavy atom. The SMILES string of the molecule is CCC(C)C/C=C\C=C1/CCCC2(C)C([C@H](C)C=O)CC[C@@H]12. The Balaban J connectivity index is 2.07. The molecule has 0 heterocycles. The molecule has 3 unspecified atom stereocenters. The first-order valence-corrected chi connectivity index (χ1v) is 9.33. The highest BCUT2D eigenvalue weighted by Gasteiger charge is 2.50. The Bertz CT molecular complexity index is 433. The minimum atomic E-state index is 0.218. The average Bonchev–Trinajstić information content (AvgIpc) is 2.88. The highest BCUT2D eigenvalue weighted by atomic mass is 16.1. The number of carbonyl (C=O) groups excluding carboxylic acids is 1. The summed E-state index contributed by atoms with van der Waals surface area (Å²) in [6.07, 6.45) is 17.0. The van der Waals surface area contributed by atoms with Crippen LogP contribution < -0.4 is 0 Å². The number of aldehydes is 1. The van der Waals surface area contributed by atoms with Crippen LogP contribution in [0.15, 0.2) is 23.8 Å². The maximum absolute atomic E-state index is 11.3. The number of allylic oxidation sites excluding steroid dienone is 4. The molecule has 0 N–H and O–H groups in total. The average molecular weight is 303 g/mol. The van der Waals surface area contributed by atoms with Crippen LogP contribution in [0.3, 0.4) is 0 Å². The predicted molar refractivity (Wildman–Crippen MR) is 94.7 cm³/mol. The lowest BCUT2D eigenvalue weighted by Crippen LogP contribution is -2.36. The molecule has 2 aliphatic carbocycles. The molecule has 2 fully saturated rings. The minimum Gasteiger partial charge on any atom is -0.303 e. The Morgan fingerprint density at radius 2 is 2.09 bits per heavy atom. The Morgan fingerprint density at radius 1 is 1.32 bits per heavy atom. The van der Waals surface area contributed by atoms with Crippen molar-refractivity contribution in [3.63, 3.8) is 0 Å². The Labute approximate surface area is 137 Å². The molecule has 0 saturated heterocycles. The van der Waals surface area contributed by atoms with Gasteiger partial charge in [0.1, 0.15) is 6.29 Å². The number of fused-ring (bicyclic) bond motifs is 1. The fraction of sp³-hybridized carbons (Fsp3) is 0.762. The van der Waals surface area contributed by atoms with E-state index in [0.717, 1.165) is 5.92 Å². The Hall–Kier alpha value is -0.850. The third-order valence-electron chi connectivity index (χ3n) is 6.57. The van der Waals surface area contributed by atoms with Gasteiger partial charge in [-0.3, -0.25) is 0 Å². The topological polar surface area (TPSA) is 17.1 Å². The van der Waals surface area contributed by atoms with Gasteiger partial charge in [-0.25, -0.2) is 0 Å². The molecule has 1 nitrogen and oxygen atoms in total. The summed E-state index contributed by atoms with van der Waals surface area (Å²) in [6, 6.07) is 0. The van der Waals surface area contributed by atoms with Gasteiger partial charge in [-0.15, -0.1) is 0 Å². The molecule has 2 rings (SSSR count). The summed E-state index contributed by atoms with van der Waals surface area (Å²) in [5.41, 5.74) is 2.00. The molecule has 0 aromatic rings. The molecule has 0 radical (unpaired) electrons. The lowest BCUT2D eigenvalue weighted by atomic mass is 9.61. The first-order chi connectivity index (χ1) is 10.5. The van der Waals surface area contributed by atoms with Gasteiger partial charge in [-0.2, -0.15) is 0 Å². The van der Waals surface area contributed by atoms with E-state index < -0.39 is 0 Å². The second-order valence-electron chi connectivity index (χ2n) is 8.01. The van der Waals surface area contributed by atoms with E-state index >= 15 is 0 Å². The molecular weight excluding hydrogens is 268 g/mol. The maximum atomic E-state index is 11.3. The molecule has 0 bridgehead atoms. The molecule has 0 aromatic carbocycles. The molecule has 1 heteroatoms. The van der Waals surface area contributed by atoms with E-state index in [2.05, 4.69) is 45.9 Å². The second kappa shape index (κ2) is 7.62. The van der Waals surface area contributed by atoms with Crippen LogP contribution in [-0.2, 0) is 4.79 Å². The van der Waals surface area contributed by atoms with E-state index in [-0.39, 0.29) is 5.92 Å². The first kappa shape index (κ1) is 17.5. The van der Waals surface area contributed by atoms with Crippen LogP contribution in [0.25, 0.3) is 0 Å². The smallest absolute Gasteiger partial charge is 0.123 e.